The van der Waals surface area contributed by atoms with Crippen LogP contribution in [0.5, 0.6) is 0 Å². The third-order valence-corrected chi connectivity index (χ3v) is 6.71. The number of hydrogen-bond donors (Lipinski definition) is 0. The van der Waals surface area contributed by atoms with Gasteiger partial charge in [0.05, 0.1) is 11.4 Å². The van der Waals surface area contributed by atoms with Crippen molar-refractivity contribution in [3.63, 3.8) is 0 Å². The highest BCUT2D eigenvalue weighted by Gasteiger charge is 2.40. The van der Waals surface area contributed by atoms with Crippen molar-refractivity contribution in [1.29, 1.82) is 0 Å². The Bertz CT molecular complexity index is 1260. The minimum Gasteiger partial charge on any atom is -0.444 e. The molecule has 0 aromatic carbocycles. The summed E-state index contributed by atoms with van der Waals surface area (Å²) in [7, 11) is 3.94. The number of hydrogen-bond acceptors (Lipinski definition) is 9. The maximum atomic E-state index is 13.4. The standard InChI is InChI=1S/C28H43IN6O6/c1-26(2,3)39-23(36)34-14-18(12-17(34)13-32(10)11)33-15-19(29)20-21(33)30-16-31-22(20)35(24(37)40-27(4,5)6)25(38)41-28(7,8)9/h15-18H,12-14H2,1-11H3/t17-,18-/m0/s1. The third-order valence-electron chi connectivity index (χ3n) is 5.90. The first-order valence-electron chi connectivity index (χ1n) is 13.6. The van der Waals surface area contributed by atoms with Crippen LogP contribution in [0.25, 0.3) is 11.0 Å². The molecule has 13 heteroatoms. The average Bonchev–Trinajstić information content (AvgIpc) is 3.31. The zero-order valence-corrected chi connectivity index (χ0v) is 28.1. The molecule has 1 fully saturated rings. The van der Waals surface area contributed by atoms with Gasteiger partial charge in [0.25, 0.3) is 0 Å². The Labute approximate surface area is 255 Å². The van der Waals surface area contributed by atoms with Gasteiger partial charge in [0.15, 0.2) is 5.82 Å². The number of anilines is 1. The number of likely N-dealkylation sites (tertiary alicyclic amines) is 1. The first-order valence-corrected chi connectivity index (χ1v) is 14.7. The van der Waals surface area contributed by atoms with Gasteiger partial charge >= 0.3 is 18.3 Å². The van der Waals surface area contributed by atoms with E-state index in [2.05, 4.69) is 32.6 Å². The lowest BCUT2D eigenvalue weighted by molar-refractivity contribution is 0.0203. The number of carbonyl (C=O) groups is 3. The number of nitrogens with zero attached hydrogens (tertiary/aromatic N) is 6. The molecule has 0 aliphatic carbocycles. The Morgan fingerprint density at radius 2 is 1.46 bits per heavy atom. The molecule has 12 nitrogen and oxygen atoms in total. The first-order chi connectivity index (χ1) is 18.7. The van der Waals surface area contributed by atoms with Crippen LogP contribution >= 0.6 is 22.6 Å². The molecule has 0 radical (unpaired) electrons. The number of likely N-dealkylation sites (N-methyl/N-ethyl adjacent to an activating group) is 1. The molecule has 3 amide bonds. The van der Waals surface area contributed by atoms with E-state index in [0.717, 1.165) is 8.47 Å². The van der Waals surface area contributed by atoms with Gasteiger partial charge in [-0.15, -0.1) is 0 Å². The summed E-state index contributed by atoms with van der Waals surface area (Å²) < 4.78 is 19.6. The van der Waals surface area contributed by atoms with Crippen molar-refractivity contribution in [3.8, 4) is 0 Å². The number of carbonyl (C=O) groups excluding carboxylic acids is 3. The van der Waals surface area contributed by atoms with Crippen LogP contribution in [-0.4, -0.2) is 92.6 Å². The van der Waals surface area contributed by atoms with Crippen LogP contribution in [0.1, 0.15) is 74.8 Å². The monoisotopic (exact) mass is 686 g/mol. The van der Waals surface area contributed by atoms with Gasteiger partial charge in [-0.25, -0.2) is 24.4 Å². The van der Waals surface area contributed by atoms with E-state index in [1.165, 1.54) is 6.33 Å². The number of rotatable bonds is 4. The number of fused-ring (bicyclic) bond motifs is 1. The Morgan fingerprint density at radius 1 is 0.927 bits per heavy atom. The lowest BCUT2D eigenvalue weighted by atomic mass is 10.1. The fourth-order valence-electron chi connectivity index (χ4n) is 4.57. The van der Waals surface area contributed by atoms with E-state index in [0.29, 0.717) is 30.5 Å². The van der Waals surface area contributed by atoms with Crippen LogP contribution in [0.4, 0.5) is 20.2 Å². The number of amides is 3. The molecule has 1 saturated heterocycles. The molecular formula is C28H43IN6O6. The maximum Gasteiger partial charge on any atom is 0.425 e. The van der Waals surface area contributed by atoms with E-state index in [4.69, 9.17) is 14.2 Å². The van der Waals surface area contributed by atoms with E-state index >= 15 is 0 Å². The van der Waals surface area contributed by atoms with Crippen molar-refractivity contribution in [2.45, 2.75) is 97.6 Å². The van der Waals surface area contributed by atoms with Crippen LogP contribution in [-0.2, 0) is 14.2 Å². The van der Waals surface area contributed by atoms with Crippen LogP contribution in [0.15, 0.2) is 12.5 Å². The predicted octanol–water partition coefficient (Wildman–Crippen LogP) is 5.82. The van der Waals surface area contributed by atoms with Crippen LogP contribution in [0.2, 0.25) is 0 Å². The molecule has 0 N–H and O–H groups in total. The average molecular weight is 687 g/mol. The molecule has 0 unspecified atom stereocenters. The zero-order chi connectivity index (χ0) is 31.1. The largest absolute Gasteiger partial charge is 0.444 e. The fraction of sp³-hybridized carbons (Fsp3) is 0.679. The van der Waals surface area contributed by atoms with E-state index in [1.807, 2.05) is 50.5 Å². The number of halogens is 1. The van der Waals surface area contributed by atoms with Crippen molar-refractivity contribution < 1.29 is 28.6 Å². The van der Waals surface area contributed by atoms with E-state index in [1.54, 1.807) is 46.4 Å². The summed E-state index contributed by atoms with van der Waals surface area (Å²) in [5, 5.41) is 0.504. The molecule has 2 atom stereocenters. The Morgan fingerprint density at radius 3 is 1.95 bits per heavy atom. The van der Waals surface area contributed by atoms with E-state index < -0.39 is 29.0 Å². The van der Waals surface area contributed by atoms with Crippen LogP contribution in [0.3, 0.4) is 0 Å². The van der Waals surface area contributed by atoms with E-state index in [-0.39, 0.29) is 24.0 Å². The maximum absolute atomic E-state index is 13.4. The van der Waals surface area contributed by atoms with E-state index in [9.17, 15) is 14.4 Å². The van der Waals surface area contributed by atoms with Gasteiger partial charge in [0.2, 0.25) is 0 Å². The summed E-state index contributed by atoms with van der Waals surface area (Å²) in [6.07, 6.45) is 1.70. The second-order valence-corrected chi connectivity index (χ2v) is 14.7. The van der Waals surface area contributed by atoms with Gasteiger partial charge in [0, 0.05) is 28.9 Å². The summed E-state index contributed by atoms with van der Waals surface area (Å²) in [4.78, 5) is 53.4. The summed E-state index contributed by atoms with van der Waals surface area (Å²) in [6.45, 7) is 16.9. The normalized spacial score (nSPS) is 18.1. The number of aromatic nitrogens is 3. The third kappa shape index (κ3) is 8.43. The van der Waals surface area contributed by atoms with Gasteiger partial charge in [0.1, 0.15) is 28.8 Å². The molecule has 0 spiro atoms. The number of ether oxygens (including phenoxy) is 3. The highest BCUT2D eigenvalue weighted by Crippen LogP contribution is 2.37. The van der Waals surface area contributed by atoms with Gasteiger partial charge < -0.3 is 28.6 Å². The summed E-state index contributed by atoms with van der Waals surface area (Å²) >= 11 is 2.14. The number of imide groups is 1. The van der Waals surface area contributed by atoms with Gasteiger partial charge in [-0.05, 0) is 105 Å². The summed E-state index contributed by atoms with van der Waals surface area (Å²) in [5.41, 5.74) is -1.82. The Hall–Kier alpha value is -2.68. The van der Waals surface area contributed by atoms with Gasteiger partial charge in [-0.1, -0.05) is 0 Å². The minimum atomic E-state index is -0.904. The molecule has 2 aromatic rings. The van der Waals surface area contributed by atoms with Crippen molar-refractivity contribution >= 4 is 57.7 Å². The topological polar surface area (TPSA) is 119 Å². The van der Waals surface area contributed by atoms with Crippen molar-refractivity contribution in [1.82, 2.24) is 24.3 Å². The predicted molar refractivity (Wildman–Crippen MR) is 164 cm³/mol. The molecule has 3 heterocycles. The smallest absolute Gasteiger partial charge is 0.425 e. The second kappa shape index (κ2) is 11.9. The second-order valence-electron chi connectivity index (χ2n) is 13.5. The molecule has 0 bridgehead atoms. The quantitative estimate of drug-likeness (QED) is 0.289. The lowest BCUT2D eigenvalue weighted by Crippen LogP contribution is -2.44. The lowest BCUT2D eigenvalue weighted by Gasteiger charge is -2.29. The Kier molecular flexibility index (Phi) is 9.53. The van der Waals surface area contributed by atoms with Gasteiger partial charge in [-0.3, -0.25) is 0 Å². The molecule has 3 rings (SSSR count). The zero-order valence-electron chi connectivity index (χ0n) is 25.9. The SMILES string of the molecule is CN(C)C[C@@H]1C[C@H](n2cc(I)c3c(N(C(=O)OC(C)(C)C)C(=O)OC(C)(C)C)ncnc32)CN1C(=O)OC(C)(C)C. The van der Waals surface area contributed by atoms with Crippen molar-refractivity contribution in [2.75, 3.05) is 32.1 Å². The van der Waals surface area contributed by atoms with Crippen LogP contribution in [0, 0.1) is 3.57 Å². The molecule has 1 aliphatic rings. The molecule has 1 aliphatic heterocycles. The first kappa shape index (κ1) is 32.8. The molecule has 0 saturated carbocycles. The highest BCUT2D eigenvalue weighted by molar-refractivity contribution is 14.1. The molecule has 228 valence electrons. The van der Waals surface area contributed by atoms with Crippen LogP contribution < -0.4 is 4.90 Å². The molecule has 41 heavy (non-hydrogen) atoms. The van der Waals surface area contributed by atoms with Crippen molar-refractivity contribution in [2.24, 2.45) is 0 Å². The molecular weight excluding hydrogens is 643 g/mol. The van der Waals surface area contributed by atoms with Gasteiger partial charge in [-0.2, -0.15) is 4.90 Å². The molecule has 2 aromatic heterocycles. The minimum absolute atomic E-state index is 0.0634. The fourth-order valence-corrected chi connectivity index (χ4v) is 5.35. The summed E-state index contributed by atoms with van der Waals surface area (Å²) in [5.74, 6) is 0.0634. The van der Waals surface area contributed by atoms with Crippen molar-refractivity contribution in [3.05, 3.63) is 16.1 Å². The Balaban J connectivity index is 2.08. The summed E-state index contributed by atoms with van der Waals surface area (Å²) in [6, 6.07) is -0.209. The highest BCUT2D eigenvalue weighted by atomic mass is 127.